The molecule has 19 heavy (non-hydrogen) atoms. The number of hydrogen-bond donors (Lipinski definition) is 1. The lowest BCUT2D eigenvalue weighted by Crippen LogP contribution is -2.51. The minimum atomic E-state index is -0.784. The molecule has 2 aliphatic carbocycles. The molecule has 3 atom stereocenters. The normalized spacial score (nSPS) is 37.7. The molecule has 2 fully saturated rings. The van der Waals surface area contributed by atoms with Crippen LogP contribution in [0.15, 0.2) is 0 Å². The van der Waals surface area contributed by atoms with Crippen LogP contribution in [0.3, 0.4) is 0 Å². The van der Waals surface area contributed by atoms with Crippen molar-refractivity contribution in [2.45, 2.75) is 65.7 Å². The highest BCUT2D eigenvalue weighted by Crippen LogP contribution is 2.59. The van der Waals surface area contributed by atoms with Crippen molar-refractivity contribution >= 4 is 11.8 Å². The van der Waals surface area contributed by atoms with Crippen molar-refractivity contribution in [3.8, 4) is 0 Å². The lowest BCUT2D eigenvalue weighted by Gasteiger charge is -2.56. The Morgan fingerprint density at radius 2 is 2.00 bits per heavy atom. The highest BCUT2D eigenvalue weighted by molar-refractivity contribution is 5.83. The lowest BCUT2D eigenvalue weighted by molar-refractivity contribution is -0.145. The van der Waals surface area contributed by atoms with Crippen molar-refractivity contribution < 1.29 is 14.7 Å². The molecule has 0 bridgehead atoms. The summed E-state index contributed by atoms with van der Waals surface area (Å²) in [6, 6.07) is 0. The fourth-order valence-corrected chi connectivity index (χ4v) is 4.89. The Morgan fingerprint density at radius 3 is 2.63 bits per heavy atom. The largest absolute Gasteiger partial charge is 0.481 e. The van der Waals surface area contributed by atoms with Crippen LogP contribution >= 0.6 is 0 Å². The van der Waals surface area contributed by atoms with Gasteiger partial charge in [-0.3, -0.25) is 9.59 Å². The van der Waals surface area contributed by atoms with Crippen LogP contribution in [-0.4, -0.2) is 16.9 Å². The zero-order valence-electron chi connectivity index (χ0n) is 12.4. The molecule has 0 aliphatic heterocycles. The summed E-state index contributed by atoms with van der Waals surface area (Å²) in [6.45, 7) is 6.88. The van der Waals surface area contributed by atoms with E-state index in [-0.39, 0.29) is 23.2 Å². The quantitative estimate of drug-likeness (QED) is 0.848. The summed E-state index contributed by atoms with van der Waals surface area (Å²) in [4.78, 5) is 23.1. The monoisotopic (exact) mass is 266 g/mol. The topological polar surface area (TPSA) is 54.4 Å². The Balaban J connectivity index is 2.24. The number of hydrogen-bond acceptors (Lipinski definition) is 2. The fourth-order valence-electron chi connectivity index (χ4n) is 4.89. The Labute approximate surface area is 115 Å². The molecule has 1 N–H and O–H groups in total. The van der Waals surface area contributed by atoms with Gasteiger partial charge in [0.2, 0.25) is 0 Å². The molecule has 3 heteroatoms. The fraction of sp³-hybridized carbons (Fsp3) is 0.875. The minimum Gasteiger partial charge on any atom is -0.481 e. The lowest BCUT2D eigenvalue weighted by atomic mass is 9.47. The van der Waals surface area contributed by atoms with Crippen molar-refractivity contribution in [3.05, 3.63) is 0 Å². The summed E-state index contributed by atoms with van der Waals surface area (Å²) in [5.74, 6) is 0.0402. The van der Waals surface area contributed by atoms with Gasteiger partial charge in [-0.05, 0) is 42.4 Å². The highest BCUT2D eigenvalue weighted by Gasteiger charge is 2.54. The second kappa shape index (κ2) is 4.92. The second-order valence-corrected chi connectivity index (χ2v) is 7.39. The van der Waals surface area contributed by atoms with E-state index in [1.165, 1.54) is 6.42 Å². The number of ketones is 1. The van der Waals surface area contributed by atoms with Gasteiger partial charge in [0.05, 0.1) is 0 Å². The zero-order valence-corrected chi connectivity index (χ0v) is 12.4. The van der Waals surface area contributed by atoms with Crippen molar-refractivity contribution in [3.63, 3.8) is 0 Å². The predicted molar refractivity (Wildman–Crippen MR) is 73.8 cm³/mol. The average Bonchev–Trinajstić information content (AvgIpc) is 2.26. The molecule has 2 aliphatic rings. The smallest absolute Gasteiger partial charge is 0.303 e. The molecule has 108 valence electrons. The summed E-state index contributed by atoms with van der Waals surface area (Å²) in [6.07, 6.45) is 5.76. The number of carboxylic acid groups (broad SMARTS) is 1. The van der Waals surface area contributed by atoms with Crippen LogP contribution < -0.4 is 0 Å². The van der Waals surface area contributed by atoms with E-state index in [2.05, 4.69) is 20.8 Å². The first-order valence-electron chi connectivity index (χ1n) is 7.52. The maximum atomic E-state index is 12.3. The van der Waals surface area contributed by atoms with E-state index in [0.29, 0.717) is 24.5 Å². The molecule has 2 rings (SSSR count). The van der Waals surface area contributed by atoms with E-state index in [1.54, 1.807) is 0 Å². The van der Waals surface area contributed by atoms with Crippen LogP contribution in [0.2, 0.25) is 0 Å². The number of fused-ring (bicyclic) bond motifs is 1. The van der Waals surface area contributed by atoms with Gasteiger partial charge >= 0.3 is 5.97 Å². The van der Waals surface area contributed by atoms with Crippen LogP contribution in [0.1, 0.15) is 65.7 Å². The van der Waals surface area contributed by atoms with Gasteiger partial charge in [0.25, 0.3) is 0 Å². The van der Waals surface area contributed by atoms with Crippen LogP contribution in [0.4, 0.5) is 0 Å². The minimum absolute atomic E-state index is 0.0204. The van der Waals surface area contributed by atoms with E-state index < -0.39 is 5.97 Å². The highest BCUT2D eigenvalue weighted by atomic mass is 16.4. The van der Waals surface area contributed by atoms with Gasteiger partial charge < -0.3 is 5.11 Å². The third-order valence-electron chi connectivity index (χ3n) is 5.79. The van der Waals surface area contributed by atoms with Gasteiger partial charge in [0.15, 0.2) is 0 Å². The third kappa shape index (κ3) is 2.56. The molecule has 2 saturated carbocycles. The molecule has 3 nitrogen and oxygen atoms in total. The summed E-state index contributed by atoms with van der Waals surface area (Å²) in [7, 11) is 0. The molecule has 0 saturated heterocycles. The van der Waals surface area contributed by atoms with E-state index in [4.69, 9.17) is 5.11 Å². The third-order valence-corrected chi connectivity index (χ3v) is 5.79. The van der Waals surface area contributed by atoms with Gasteiger partial charge in [-0.25, -0.2) is 0 Å². The number of Topliss-reactive ketones (excluding diaryl/α,β-unsaturated/α-hetero) is 1. The first-order chi connectivity index (χ1) is 8.77. The van der Waals surface area contributed by atoms with Gasteiger partial charge in [-0.15, -0.1) is 0 Å². The molecule has 0 radical (unpaired) electrons. The first-order valence-corrected chi connectivity index (χ1v) is 7.52. The predicted octanol–water partition coefficient (Wildman–Crippen LogP) is 3.66. The Morgan fingerprint density at radius 1 is 1.32 bits per heavy atom. The second-order valence-electron chi connectivity index (χ2n) is 7.39. The molecule has 0 heterocycles. The molecular weight excluding hydrogens is 240 g/mol. The Kier molecular flexibility index (Phi) is 3.76. The van der Waals surface area contributed by atoms with Crippen molar-refractivity contribution in [1.29, 1.82) is 0 Å². The zero-order chi connectivity index (χ0) is 14.3. The van der Waals surface area contributed by atoms with Crippen LogP contribution in [-0.2, 0) is 9.59 Å². The van der Waals surface area contributed by atoms with Gasteiger partial charge in [-0.1, -0.05) is 27.2 Å². The SMILES string of the molecule is CC1(C)CCC[C@]2(C)C(CCC(=O)O)C(=O)CC[C@@H]12. The molecule has 0 aromatic rings. The first kappa shape index (κ1) is 14.5. The summed E-state index contributed by atoms with van der Waals surface area (Å²) < 4.78 is 0. The number of carboxylic acids is 1. The number of carbonyl (C=O) groups is 2. The number of carbonyl (C=O) groups excluding carboxylic acids is 1. The molecule has 0 aromatic heterocycles. The molecule has 0 amide bonds. The van der Waals surface area contributed by atoms with Gasteiger partial charge in [0, 0.05) is 18.8 Å². The maximum Gasteiger partial charge on any atom is 0.303 e. The van der Waals surface area contributed by atoms with E-state index in [9.17, 15) is 9.59 Å². The standard InChI is InChI=1S/C16H26O3/c1-15(2)9-4-10-16(3)11(5-8-14(18)19)12(17)6-7-13(15)16/h11,13H,4-10H2,1-3H3,(H,18,19)/t11?,13-,16+/m0/s1. The summed E-state index contributed by atoms with van der Waals surface area (Å²) in [5.41, 5.74) is 0.307. The molecular formula is C16H26O3. The molecule has 1 unspecified atom stereocenters. The Hall–Kier alpha value is -0.860. The van der Waals surface area contributed by atoms with Crippen molar-refractivity contribution in [1.82, 2.24) is 0 Å². The number of aliphatic carboxylic acids is 1. The van der Waals surface area contributed by atoms with Crippen LogP contribution in [0.5, 0.6) is 0 Å². The van der Waals surface area contributed by atoms with E-state index in [1.807, 2.05) is 0 Å². The molecule has 0 aromatic carbocycles. The molecule has 0 spiro atoms. The average molecular weight is 266 g/mol. The van der Waals surface area contributed by atoms with E-state index >= 15 is 0 Å². The van der Waals surface area contributed by atoms with E-state index in [0.717, 1.165) is 19.3 Å². The summed E-state index contributed by atoms with van der Waals surface area (Å²) in [5, 5.41) is 8.90. The van der Waals surface area contributed by atoms with Crippen molar-refractivity contribution in [2.75, 3.05) is 0 Å². The maximum absolute atomic E-state index is 12.3. The van der Waals surface area contributed by atoms with Crippen LogP contribution in [0.25, 0.3) is 0 Å². The Bertz CT molecular complexity index is 385. The van der Waals surface area contributed by atoms with Gasteiger partial charge in [-0.2, -0.15) is 0 Å². The van der Waals surface area contributed by atoms with Crippen molar-refractivity contribution in [2.24, 2.45) is 22.7 Å². The van der Waals surface area contributed by atoms with Gasteiger partial charge in [0.1, 0.15) is 5.78 Å². The summed E-state index contributed by atoms with van der Waals surface area (Å²) >= 11 is 0. The van der Waals surface area contributed by atoms with Crippen LogP contribution in [0, 0.1) is 22.7 Å². The number of rotatable bonds is 3.